The number of esters is 1. The summed E-state index contributed by atoms with van der Waals surface area (Å²) in [6, 6.07) is 4.40. The van der Waals surface area contributed by atoms with Gasteiger partial charge in [0, 0.05) is 5.56 Å². The zero-order chi connectivity index (χ0) is 17.2. The van der Waals surface area contributed by atoms with Crippen LogP contribution in [0.15, 0.2) is 28.7 Å². The van der Waals surface area contributed by atoms with Crippen LogP contribution in [-0.4, -0.2) is 17.6 Å². The molecule has 0 amide bonds. The molecule has 1 aromatic carbocycles. The van der Waals surface area contributed by atoms with Crippen LogP contribution in [0.25, 0.3) is 11.5 Å². The Balaban J connectivity index is 0.00000288. The van der Waals surface area contributed by atoms with E-state index in [1.165, 1.54) is 12.1 Å². The molecule has 0 aliphatic heterocycles. The number of ether oxygens (including phenoxy) is 1. The zero-order valence-corrected chi connectivity index (χ0v) is 15.9. The van der Waals surface area contributed by atoms with E-state index in [2.05, 4.69) is 4.98 Å². The average molecular weight is 351 g/mol. The third-order valence-electron chi connectivity index (χ3n) is 3.12. The predicted octanol–water partition coefficient (Wildman–Crippen LogP) is 1.78. The molecule has 0 unspecified atom stereocenters. The topological polar surface area (TPSA) is 52.3 Å². The SMILES string of the molecule is CCOC(=O)c1oc(-c2ccc(C(F)(F)F)cc2)nc1C(C)C.[H-].[Na+]. The van der Waals surface area contributed by atoms with Crippen molar-refractivity contribution >= 4 is 5.97 Å². The summed E-state index contributed by atoms with van der Waals surface area (Å²) < 4.78 is 48.1. The van der Waals surface area contributed by atoms with Crippen molar-refractivity contribution in [2.45, 2.75) is 32.9 Å². The van der Waals surface area contributed by atoms with E-state index in [0.29, 0.717) is 11.3 Å². The van der Waals surface area contributed by atoms with E-state index in [-0.39, 0.29) is 55.2 Å². The van der Waals surface area contributed by atoms with E-state index >= 15 is 0 Å². The molecule has 24 heavy (non-hydrogen) atoms. The van der Waals surface area contributed by atoms with Crippen LogP contribution >= 0.6 is 0 Å². The predicted molar refractivity (Wildman–Crippen MR) is 78.1 cm³/mol. The van der Waals surface area contributed by atoms with E-state index in [1.807, 2.05) is 13.8 Å². The fraction of sp³-hybridized carbons (Fsp3) is 0.375. The molecule has 126 valence electrons. The second-order valence-electron chi connectivity index (χ2n) is 5.18. The first-order valence-corrected chi connectivity index (χ1v) is 7.09. The van der Waals surface area contributed by atoms with Crippen molar-refractivity contribution < 1.29 is 58.1 Å². The van der Waals surface area contributed by atoms with Crippen LogP contribution in [-0.2, 0) is 10.9 Å². The summed E-state index contributed by atoms with van der Waals surface area (Å²) in [7, 11) is 0. The number of carbonyl (C=O) groups excluding carboxylic acids is 1. The molecule has 1 aromatic heterocycles. The first-order chi connectivity index (χ1) is 10.7. The molecule has 0 spiro atoms. The smallest absolute Gasteiger partial charge is 1.00 e. The van der Waals surface area contributed by atoms with Crippen LogP contribution in [0, 0.1) is 0 Å². The molecule has 0 atom stereocenters. The van der Waals surface area contributed by atoms with Gasteiger partial charge in [0.05, 0.1) is 17.9 Å². The van der Waals surface area contributed by atoms with E-state index in [1.54, 1.807) is 6.92 Å². The van der Waals surface area contributed by atoms with E-state index in [9.17, 15) is 18.0 Å². The van der Waals surface area contributed by atoms with Crippen molar-refractivity contribution in [2.75, 3.05) is 6.61 Å². The van der Waals surface area contributed by atoms with Crippen LogP contribution in [0.3, 0.4) is 0 Å². The standard InChI is InChI=1S/C16H16F3NO3.Na.H/c1-4-22-15(21)13-12(9(2)3)20-14(23-13)10-5-7-11(8-6-10)16(17,18)19;;/h5-9H,4H2,1-3H3;;/q;+1;-1. The van der Waals surface area contributed by atoms with Gasteiger partial charge in [-0.05, 0) is 37.1 Å². The number of alkyl halides is 3. The van der Waals surface area contributed by atoms with Crippen LogP contribution in [0.5, 0.6) is 0 Å². The van der Waals surface area contributed by atoms with E-state index < -0.39 is 17.7 Å². The van der Waals surface area contributed by atoms with Crippen LogP contribution < -0.4 is 29.6 Å². The quantitative estimate of drug-likeness (QED) is 0.622. The van der Waals surface area contributed by atoms with Crippen molar-refractivity contribution in [1.29, 1.82) is 0 Å². The molecule has 0 bridgehead atoms. The average Bonchev–Trinajstić information content (AvgIpc) is 2.92. The summed E-state index contributed by atoms with van der Waals surface area (Å²) in [6.07, 6.45) is -4.41. The fourth-order valence-electron chi connectivity index (χ4n) is 1.99. The van der Waals surface area contributed by atoms with Crippen molar-refractivity contribution in [2.24, 2.45) is 0 Å². The largest absolute Gasteiger partial charge is 1.00 e. The van der Waals surface area contributed by atoms with Gasteiger partial charge in [-0.25, -0.2) is 9.78 Å². The van der Waals surface area contributed by atoms with Gasteiger partial charge >= 0.3 is 41.7 Å². The maximum Gasteiger partial charge on any atom is 1.00 e. The van der Waals surface area contributed by atoms with Gasteiger partial charge in [-0.2, -0.15) is 13.2 Å². The van der Waals surface area contributed by atoms with Crippen LogP contribution in [0.1, 0.15) is 49.9 Å². The van der Waals surface area contributed by atoms with Crippen molar-refractivity contribution in [1.82, 2.24) is 4.98 Å². The Kier molecular flexibility index (Phi) is 7.07. The summed E-state index contributed by atoms with van der Waals surface area (Å²) in [6.45, 7) is 5.51. The third-order valence-corrected chi connectivity index (χ3v) is 3.12. The molecule has 4 nitrogen and oxygen atoms in total. The Morgan fingerprint density at radius 1 is 1.29 bits per heavy atom. The molecular weight excluding hydrogens is 334 g/mol. The molecule has 2 aromatic rings. The molecule has 0 N–H and O–H groups in total. The number of rotatable bonds is 4. The van der Waals surface area contributed by atoms with E-state index in [4.69, 9.17) is 9.15 Å². The summed E-state index contributed by atoms with van der Waals surface area (Å²) in [4.78, 5) is 16.1. The Morgan fingerprint density at radius 3 is 2.33 bits per heavy atom. The molecule has 8 heteroatoms. The molecule has 2 rings (SSSR count). The molecule has 0 saturated heterocycles. The molecular formula is C16H17F3NNaO3. The number of hydrogen-bond acceptors (Lipinski definition) is 4. The minimum Gasteiger partial charge on any atom is -1.00 e. The minimum atomic E-state index is -4.41. The maximum atomic E-state index is 12.6. The summed E-state index contributed by atoms with van der Waals surface area (Å²) in [5.74, 6) is -0.662. The number of hydrogen-bond donors (Lipinski definition) is 0. The maximum absolute atomic E-state index is 12.6. The van der Waals surface area contributed by atoms with Gasteiger partial charge in [0.2, 0.25) is 11.7 Å². The zero-order valence-electron chi connectivity index (χ0n) is 14.9. The first kappa shape index (κ1) is 20.7. The molecule has 0 radical (unpaired) electrons. The van der Waals surface area contributed by atoms with Gasteiger partial charge in [-0.15, -0.1) is 0 Å². The van der Waals surface area contributed by atoms with Gasteiger partial charge < -0.3 is 10.6 Å². The summed E-state index contributed by atoms with van der Waals surface area (Å²) in [5, 5.41) is 0. The Labute approximate surface area is 161 Å². The second kappa shape index (κ2) is 8.18. The minimum absolute atomic E-state index is 0. The monoisotopic (exact) mass is 351 g/mol. The van der Waals surface area contributed by atoms with Crippen molar-refractivity contribution in [3.63, 3.8) is 0 Å². The number of benzene rings is 1. The van der Waals surface area contributed by atoms with Gasteiger partial charge in [-0.3, -0.25) is 0 Å². The van der Waals surface area contributed by atoms with Crippen molar-refractivity contribution in [3.05, 3.63) is 41.3 Å². The summed E-state index contributed by atoms with van der Waals surface area (Å²) >= 11 is 0. The summed E-state index contributed by atoms with van der Waals surface area (Å²) in [5.41, 5.74) is 0.0105. The molecule has 1 heterocycles. The molecule has 0 saturated carbocycles. The van der Waals surface area contributed by atoms with Gasteiger partial charge in [0.25, 0.3) is 0 Å². The van der Waals surface area contributed by atoms with Crippen molar-refractivity contribution in [3.8, 4) is 11.5 Å². The fourth-order valence-corrected chi connectivity index (χ4v) is 1.99. The van der Waals surface area contributed by atoms with Gasteiger partial charge in [-0.1, -0.05) is 13.8 Å². The number of aromatic nitrogens is 1. The van der Waals surface area contributed by atoms with Gasteiger partial charge in [0.15, 0.2) is 0 Å². The molecule has 0 fully saturated rings. The number of halogens is 3. The third kappa shape index (κ3) is 4.62. The van der Waals surface area contributed by atoms with Gasteiger partial charge in [0.1, 0.15) is 0 Å². The Bertz CT molecular complexity index is 700. The van der Waals surface area contributed by atoms with Crippen LogP contribution in [0.4, 0.5) is 13.2 Å². The normalized spacial score (nSPS) is 11.3. The van der Waals surface area contributed by atoms with Crippen LogP contribution in [0.2, 0.25) is 0 Å². The molecule has 0 aliphatic rings. The Hall–Kier alpha value is -1.31. The first-order valence-electron chi connectivity index (χ1n) is 7.09. The number of carbonyl (C=O) groups is 1. The number of nitrogens with zero attached hydrogens (tertiary/aromatic N) is 1. The van der Waals surface area contributed by atoms with E-state index in [0.717, 1.165) is 12.1 Å². The molecule has 0 aliphatic carbocycles. The Morgan fingerprint density at radius 2 is 1.88 bits per heavy atom. The second-order valence-corrected chi connectivity index (χ2v) is 5.18. The number of oxazole rings is 1.